The fraction of sp³-hybridized carbons (Fsp3) is 0.227. The van der Waals surface area contributed by atoms with Gasteiger partial charge in [-0.05, 0) is 54.9 Å². The topological polar surface area (TPSA) is 46.6 Å². The monoisotopic (exact) mass is 342 g/mol. The number of aromatic nitrogens is 2. The number of benzene rings is 2. The molecule has 4 nitrogen and oxygen atoms in total. The summed E-state index contributed by atoms with van der Waals surface area (Å²) in [5, 5.41) is 2.50. The van der Waals surface area contributed by atoms with E-state index in [-0.39, 0.29) is 0 Å². The maximum Gasteiger partial charge on any atom is 0.137 e. The van der Waals surface area contributed by atoms with E-state index in [1.54, 1.807) is 0 Å². The lowest BCUT2D eigenvalue weighted by Gasteiger charge is -2.16. The van der Waals surface area contributed by atoms with Crippen LogP contribution in [-0.2, 0) is 6.54 Å². The number of anilines is 1. The predicted molar refractivity (Wildman–Crippen MR) is 107 cm³/mol. The maximum absolute atomic E-state index is 6.06. The van der Waals surface area contributed by atoms with Gasteiger partial charge in [-0.1, -0.05) is 36.4 Å². The third-order valence-electron chi connectivity index (χ3n) is 5.34. The number of imidazole rings is 1. The van der Waals surface area contributed by atoms with Crippen molar-refractivity contribution < 1.29 is 0 Å². The number of hydrogen-bond donors (Lipinski definition) is 1. The van der Waals surface area contributed by atoms with Crippen LogP contribution >= 0.6 is 0 Å². The molecule has 0 amide bonds. The summed E-state index contributed by atoms with van der Waals surface area (Å²) >= 11 is 0. The van der Waals surface area contributed by atoms with Crippen molar-refractivity contribution in [1.29, 1.82) is 0 Å². The highest BCUT2D eigenvalue weighted by atomic mass is 15.2. The second kappa shape index (κ2) is 6.15. The van der Waals surface area contributed by atoms with Gasteiger partial charge in [0.05, 0.1) is 11.4 Å². The van der Waals surface area contributed by atoms with E-state index in [2.05, 4.69) is 51.8 Å². The summed E-state index contributed by atoms with van der Waals surface area (Å²) in [7, 11) is 0. The van der Waals surface area contributed by atoms with Crippen molar-refractivity contribution in [1.82, 2.24) is 14.3 Å². The van der Waals surface area contributed by atoms with Crippen LogP contribution in [0.15, 0.2) is 60.8 Å². The van der Waals surface area contributed by atoms with Crippen molar-refractivity contribution in [3.05, 3.63) is 66.5 Å². The van der Waals surface area contributed by atoms with E-state index in [1.807, 2.05) is 18.3 Å². The molecule has 130 valence electrons. The molecule has 0 spiro atoms. The summed E-state index contributed by atoms with van der Waals surface area (Å²) in [4.78, 5) is 7.46. The zero-order valence-electron chi connectivity index (χ0n) is 14.7. The fourth-order valence-corrected chi connectivity index (χ4v) is 3.98. The van der Waals surface area contributed by atoms with Gasteiger partial charge in [0.15, 0.2) is 0 Å². The van der Waals surface area contributed by atoms with E-state index < -0.39 is 0 Å². The number of nitrogens with two attached hydrogens (primary N) is 1. The molecule has 3 heterocycles. The molecule has 2 aromatic carbocycles. The minimum Gasteiger partial charge on any atom is -0.398 e. The Morgan fingerprint density at radius 1 is 0.923 bits per heavy atom. The van der Waals surface area contributed by atoms with E-state index in [9.17, 15) is 0 Å². The molecule has 4 aromatic rings. The second-order valence-electron chi connectivity index (χ2n) is 7.14. The molecule has 1 fully saturated rings. The molecule has 1 aliphatic rings. The van der Waals surface area contributed by atoms with Crippen molar-refractivity contribution in [2.75, 3.05) is 18.8 Å². The Kier molecular flexibility index (Phi) is 3.64. The Morgan fingerprint density at radius 3 is 2.58 bits per heavy atom. The number of likely N-dealkylation sites (tertiary alicyclic amines) is 1. The van der Waals surface area contributed by atoms with Crippen LogP contribution in [0, 0.1) is 0 Å². The molecule has 1 saturated heterocycles. The summed E-state index contributed by atoms with van der Waals surface area (Å²) in [6.07, 6.45) is 4.56. The van der Waals surface area contributed by atoms with Crippen LogP contribution in [-0.4, -0.2) is 27.4 Å². The normalized spacial score (nSPS) is 15.2. The Morgan fingerprint density at radius 2 is 1.73 bits per heavy atom. The van der Waals surface area contributed by atoms with Gasteiger partial charge in [-0.15, -0.1) is 0 Å². The van der Waals surface area contributed by atoms with Gasteiger partial charge in [-0.25, -0.2) is 4.98 Å². The van der Waals surface area contributed by atoms with Crippen molar-refractivity contribution in [3.63, 3.8) is 0 Å². The van der Waals surface area contributed by atoms with Crippen molar-refractivity contribution in [2.45, 2.75) is 19.4 Å². The number of pyridine rings is 1. The summed E-state index contributed by atoms with van der Waals surface area (Å²) in [6.45, 7) is 3.23. The molecule has 4 heteroatoms. The lowest BCUT2D eigenvalue weighted by Crippen LogP contribution is -2.20. The van der Waals surface area contributed by atoms with Crippen LogP contribution in [0.25, 0.3) is 27.7 Å². The van der Waals surface area contributed by atoms with Crippen LogP contribution in [0.3, 0.4) is 0 Å². The first-order chi connectivity index (χ1) is 12.8. The molecule has 2 N–H and O–H groups in total. The highest BCUT2D eigenvalue weighted by Gasteiger charge is 2.19. The number of nitrogen functional groups attached to an aromatic ring is 1. The van der Waals surface area contributed by atoms with Crippen LogP contribution in [0.5, 0.6) is 0 Å². The summed E-state index contributed by atoms with van der Waals surface area (Å²) < 4.78 is 2.16. The smallest absolute Gasteiger partial charge is 0.137 e. The fourth-order valence-electron chi connectivity index (χ4n) is 3.98. The Bertz CT molecular complexity index is 1090. The first-order valence-corrected chi connectivity index (χ1v) is 9.26. The lowest BCUT2D eigenvalue weighted by molar-refractivity contribution is 0.327. The van der Waals surface area contributed by atoms with E-state index in [0.29, 0.717) is 0 Å². The largest absolute Gasteiger partial charge is 0.398 e. The van der Waals surface area contributed by atoms with Crippen LogP contribution in [0.4, 0.5) is 5.69 Å². The third-order valence-corrected chi connectivity index (χ3v) is 5.34. The van der Waals surface area contributed by atoms with Crippen LogP contribution in [0.1, 0.15) is 18.5 Å². The Balaban J connectivity index is 1.69. The van der Waals surface area contributed by atoms with Crippen LogP contribution < -0.4 is 5.73 Å². The molecule has 0 atom stereocenters. The van der Waals surface area contributed by atoms with Gasteiger partial charge in [0.25, 0.3) is 0 Å². The molecule has 0 bridgehead atoms. The Hall–Kier alpha value is -2.85. The van der Waals surface area contributed by atoms with Gasteiger partial charge >= 0.3 is 0 Å². The van der Waals surface area contributed by atoms with Crippen molar-refractivity contribution >= 4 is 22.1 Å². The van der Waals surface area contributed by atoms with Gasteiger partial charge in [0.2, 0.25) is 0 Å². The standard InChI is InChI=1S/C22H22N4/c23-19-9-10-21-24-22(18-8-7-16-5-1-2-6-17(16)13-18)20(26(21)14-19)15-25-11-3-4-12-25/h1-2,5-10,13-14H,3-4,11-12,15,23H2. The highest BCUT2D eigenvalue weighted by molar-refractivity contribution is 5.87. The molecule has 5 rings (SSSR count). The summed E-state index contributed by atoms with van der Waals surface area (Å²) in [5.74, 6) is 0. The van der Waals surface area contributed by atoms with E-state index in [0.717, 1.165) is 36.7 Å². The molecule has 0 aliphatic carbocycles. The summed E-state index contributed by atoms with van der Waals surface area (Å²) in [5.41, 5.74) is 11.2. The van der Waals surface area contributed by atoms with E-state index in [1.165, 1.54) is 34.9 Å². The van der Waals surface area contributed by atoms with Gasteiger partial charge in [0.1, 0.15) is 5.65 Å². The molecule has 1 aliphatic heterocycles. The molecular weight excluding hydrogens is 320 g/mol. The first-order valence-electron chi connectivity index (χ1n) is 9.26. The quantitative estimate of drug-likeness (QED) is 0.603. The molecular formula is C22H22N4. The average Bonchev–Trinajstić information content (AvgIpc) is 3.30. The third kappa shape index (κ3) is 2.63. The minimum absolute atomic E-state index is 0.766. The average molecular weight is 342 g/mol. The molecule has 0 unspecified atom stereocenters. The van der Waals surface area contributed by atoms with E-state index in [4.69, 9.17) is 10.7 Å². The lowest BCUT2D eigenvalue weighted by atomic mass is 10.0. The molecule has 0 radical (unpaired) electrons. The Labute approximate surface area is 152 Å². The number of fused-ring (bicyclic) bond motifs is 2. The molecule has 0 saturated carbocycles. The highest BCUT2D eigenvalue weighted by Crippen LogP contribution is 2.29. The number of hydrogen-bond acceptors (Lipinski definition) is 3. The number of nitrogens with zero attached hydrogens (tertiary/aromatic N) is 3. The van der Waals surface area contributed by atoms with Gasteiger partial charge in [0, 0.05) is 24.0 Å². The van der Waals surface area contributed by atoms with E-state index >= 15 is 0 Å². The van der Waals surface area contributed by atoms with Crippen LogP contribution in [0.2, 0.25) is 0 Å². The predicted octanol–water partition coefficient (Wildman–Crippen LogP) is 4.33. The second-order valence-corrected chi connectivity index (χ2v) is 7.14. The maximum atomic E-state index is 6.06. The number of rotatable bonds is 3. The van der Waals surface area contributed by atoms with Gasteiger partial charge in [-0.3, -0.25) is 4.90 Å². The molecule has 26 heavy (non-hydrogen) atoms. The zero-order chi connectivity index (χ0) is 17.5. The summed E-state index contributed by atoms with van der Waals surface area (Å²) in [6, 6.07) is 19.0. The zero-order valence-corrected chi connectivity index (χ0v) is 14.7. The van der Waals surface area contributed by atoms with Gasteiger partial charge < -0.3 is 10.1 Å². The van der Waals surface area contributed by atoms with Crippen molar-refractivity contribution in [3.8, 4) is 11.3 Å². The molecule has 2 aromatic heterocycles. The van der Waals surface area contributed by atoms with Gasteiger partial charge in [-0.2, -0.15) is 0 Å². The van der Waals surface area contributed by atoms with Crippen molar-refractivity contribution in [2.24, 2.45) is 0 Å². The first kappa shape index (κ1) is 15.4. The SMILES string of the molecule is Nc1ccc2nc(-c3ccc4ccccc4c3)c(CN3CCCC3)n2c1. The minimum atomic E-state index is 0.766.